The Balaban J connectivity index is 2.11. The maximum atomic E-state index is 5.41. The van der Waals surface area contributed by atoms with Crippen LogP contribution in [0.4, 0.5) is 5.95 Å². The van der Waals surface area contributed by atoms with Crippen LogP contribution in [-0.2, 0) is 6.42 Å². The highest BCUT2D eigenvalue weighted by molar-refractivity contribution is 5.25. The molecule has 0 fully saturated rings. The van der Waals surface area contributed by atoms with E-state index < -0.39 is 0 Å². The molecule has 5 heteroatoms. The molecule has 2 heterocycles. The van der Waals surface area contributed by atoms with E-state index in [0.29, 0.717) is 5.88 Å². The van der Waals surface area contributed by atoms with Gasteiger partial charge in [0, 0.05) is 31.1 Å². The molecule has 2 aromatic rings. The van der Waals surface area contributed by atoms with Crippen LogP contribution in [0.5, 0.6) is 5.88 Å². The molecule has 0 bridgehead atoms. The molecule has 0 aliphatic carbocycles. The number of nitrogens with two attached hydrogens (primary N) is 1. The monoisotopic (exact) mass is 216 g/mol. The van der Waals surface area contributed by atoms with Gasteiger partial charge in [0.1, 0.15) is 0 Å². The molecule has 82 valence electrons. The van der Waals surface area contributed by atoms with E-state index in [-0.39, 0.29) is 5.95 Å². The molecule has 0 saturated heterocycles. The van der Waals surface area contributed by atoms with Crippen molar-refractivity contribution in [2.45, 2.75) is 6.42 Å². The molecule has 0 radical (unpaired) electrons. The summed E-state index contributed by atoms with van der Waals surface area (Å²) < 4.78 is 4.98. The number of methoxy groups -OCH3 is 1. The predicted molar refractivity (Wildman–Crippen MR) is 60.0 cm³/mol. The third-order valence-electron chi connectivity index (χ3n) is 2.14. The van der Waals surface area contributed by atoms with E-state index in [4.69, 9.17) is 10.5 Å². The highest BCUT2D eigenvalue weighted by Gasteiger charge is 1.99. The lowest BCUT2D eigenvalue weighted by Gasteiger charge is -2.02. The summed E-state index contributed by atoms with van der Waals surface area (Å²) in [5.41, 5.74) is 7.49. The van der Waals surface area contributed by atoms with Crippen molar-refractivity contribution in [3.8, 4) is 5.88 Å². The van der Waals surface area contributed by atoms with Gasteiger partial charge in [-0.1, -0.05) is 6.07 Å². The number of pyridine rings is 1. The van der Waals surface area contributed by atoms with Gasteiger partial charge in [-0.15, -0.1) is 0 Å². The fourth-order valence-corrected chi connectivity index (χ4v) is 1.33. The van der Waals surface area contributed by atoms with Crippen molar-refractivity contribution in [2.24, 2.45) is 0 Å². The third kappa shape index (κ3) is 2.44. The van der Waals surface area contributed by atoms with Crippen LogP contribution in [0.25, 0.3) is 0 Å². The van der Waals surface area contributed by atoms with Crippen molar-refractivity contribution in [2.75, 3.05) is 12.8 Å². The van der Waals surface area contributed by atoms with Gasteiger partial charge in [-0.25, -0.2) is 15.0 Å². The summed E-state index contributed by atoms with van der Waals surface area (Å²) in [5, 5.41) is 0. The average molecular weight is 216 g/mol. The summed E-state index contributed by atoms with van der Waals surface area (Å²) in [7, 11) is 1.59. The number of rotatable bonds is 3. The molecule has 2 aromatic heterocycles. The first-order valence-corrected chi connectivity index (χ1v) is 4.83. The molecular formula is C11H12N4O. The topological polar surface area (TPSA) is 73.9 Å². The van der Waals surface area contributed by atoms with Gasteiger partial charge in [-0.2, -0.15) is 0 Å². The van der Waals surface area contributed by atoms with Gasteiger partial charge < -0.3 is 10.5 Å². The molecule has 0 spiro atoms. The van der Waals surface area contributed by atoms with Crippen molar-refractivity contribution >= 4 is 5.95 Å². The van der Waals surface area contributed by atoms with E-state index in [1.165, 1.54) is 0 Å². The fraction of sp³-hybridized carbons (Fsp3) is 0.182. The predicted octanol–water partition coefficient (Wildman–Crippen LogP) is 1.05. The summed E-state index contributed by atoms with van der Waals surface area (Å²) in [5.74, 6) is 0.897. The van der Waals surface area contributed by atoms with Crippen molar-refractivity contribution < 1.29 is 4.74 Å². The number of hydrogen-bond acceptors (Lipinski definition) is 5. The van der Waals surface area contributed by atoms with Gasteiger partial charge in [-0.3, -0.25) is 0 Å². The molecule has 0 amide bonds. The standard InChI is InChI=1S/C11H12N4O/c1-16-10-3-2-8(5-13-10)4-9-6-14-11(12)15-7-9/h2-3,5-7H,4H2,1H3,(H2,12,14,15). The number of aromatic nitrogens is 3. The molecular weight excluding hydrogens is 204 g/mol. The SMILES string of the molecule is COc1ccc(Cc2cnc(N)nc2)cn1. The first-order valence-electron chi connectivity index (χ1n) is 4.83. The summed E-state index contributed by atoms with van der Waals surface area (Å²) in [6.45, 7) is 0. The normalized spacial score (nSPS) is 10.1. The molecule has 5 nitrogen and oxygen atoms in total. The first kappa shape index (κ1) is 10.4. The lowest BCUT2D eigenvalue weighted by atomic mass is 10.1. The van der Waals surface area contributed by atoms with Crippen LogP contribution in [0.2, 0.25) is 0 Å². The molecule has 2 N–H and O–H groups in total. The number of hydrogen-bond donors (Lipinski definition) is 1. The van der Waals surface area contributed by atoms with Crippen LogP contribution < -0.4 is 10.5 Å². The van der Waals surface area contributed by atoms with Crippen molar-refractivity contribution in [3.05, 3.63) is 41.9 Å². The van der Waals surface area contributed by atoms with Crippen molar-refractivity contribution in [3.63, 3.8) is 0 Å². The Morgan fingerprint density at radius 3 is 2.31 bits per heavy atom. The van der Waals surface area contributed by atoms with E-state index in [2.05, 4.69) is 15.0 Å². The number of anilines is 1. The fourth-order valence-electron chi connectivity index (χ4n) is 1.33. The van der Waals surface area contributed by atoms with Gasteiger partial charge in [-0.05, 0) is 11.1 Å². The quantitative estimate of drug-likeness (QED) is 0.830. The zero-order chi connectivity index (χ0) is 11.4. The van der Waals surface area contributed by atoms with E-state index in [1.807, 2.05) is 12.1 Å². The maximum absolute atomic E-state index is 5.41. The van der Waals surface area contributed by atoms with Crippen LogP contribution >= 0.6 is 0 Å². The summed E-state index contributed by atoms with van der Waals surface area (Å²) >= 11 is 0. The van der Waals surface area contributed by atoms with Gasteiger partial charge in [0.05, 0.1) is 7.11 Å². The third-order valence-corrected chi connectivity index (χ3v) is 2.14. The van der Waals surface area contributed by atoms with Gasteiger partial charge in [0.25, 0.3) is 0 Å². The Morgan fingerprint density at radius 1 is 1.06 bits per heavy atom. The Labute approximate surface area is 93.3 Å². The summed E-state index contributed by atoms with van der Waals surface area (Å²) in [4.78, 5) is 12.0. The minimum Gasteiger partial charge on any atom is -0.481 e. The van der Waals surface area contributed by atoms with Crippen LogP contribution in [-0.4, -0.2) is 22.1 Å². The van der Waals surface area contributed by atoms with Crippen molar-refractivity contribution in [1.29, 1.82) is 0 Å². The molecule has 0 aliphatic heterocycles. The number of ether oxygens (including phenoxy) is 1. The van der Waals surface area contributed by atoms with E-state index in [1.54, 1.807) is 25.7 Å². The van der Waals surface area contributed by atoms with E-state index >= 15 is 0 Å². The molecule has 0 atom stereocenters. The second-order valence-corrected chi connectivity index (χ2v) is 3.34. The lowest BCUT2D eigenvalue weighted by Crippen LogP contribution is -1.97. The Kier molecular flexibility index (Phi) is 2.95. The zero-order valence-electron chi connectivity index (χ0n) is 8.92. The van der Waals surface area contributed by atoms with Crippen LogP contribution in [0, 0.1) is 0 Å². The Bertz CT molecular complexity index is 452. The molecule has 16 heavy (non-hydrogen) atoms. The minimum absolute atomic E-state index is 0.289. The molecule has 2 rings (SSSR count). The highest BCUT2D eigenvalue weighted by Crippen LogP contribution is 2.10. The van der Waals surface area contributed by atoms with Crippen molar-refractivity contribution in [1.82, 2.24) is 15.0 Å². The second-order valence-electron chi connectivity index (χ2n) is 3.34. The molecule has 0 unspecified atom stereocenters. The smallest absolute Gasteiger partial charge is 0.219 e. The van der Waals surface area contributed by atoms with E-state index in [0.717, 1.165) is 17.5 Å². The number of nitrogens with zero attached hydrogens (tertiary/aromatic N) is 3. The zero-order valence-corrected chi connectivity index (χ0v) is 8.92. The Morgan fingerprint density at radius 2 is 1.75 bits per heavy atom. The van der Waals surface area contributed by atoms with Crippen LogP contribution in [0.1, 0.15) is 11.1 Å². The molecule has 0 aliphatic rings. The Hall–Kier alpha value is -2.17. The summed E-state index contributed by atoms with van der Waals surface area (Å²) in [6.07, 6.45) is 5.94. The van der Waals surface area contributed by atoms with Crippen LogP contribution in [0.3, 0.4) is 0 Å². The molecule has 0 aromatic carbocycles. The van der Waals surface area contributed by atoms with Crippen LogP contribution in [0.15, 0.2) is 30.7 Å². The lowest BCUT2D eigenvalue weighted by molar-refractivity contribution is 0.397. The van der Waals surface area contributed by atoms with Gasteiger partial charge in [0.15, 0.2) is 0 Å². The van der Waals surface area contributed by atoms with E-state index in [9.17, 15) is 0 Å². The second kappa shape index (κ2) is 4.57. The maximum Gasteiger partial charge on any atom is 0.219 e. The number of nitrogen functional groups attached to an aromatic ring is 1. The average Bonchev–Trinajstić information content (AvgIpc) is 2.33. The molecule has 0 saturated carbocycles. The summed E-state index contributed by atoms with van der Waals surface area (Å²) in [6, 6.07) is 3.79. The largest absolute Gasteiger partial charge is 0.481 e. The first-order chi connectivity index (χ1) is 7.78. The van der Waals surface area contributed by atoms with Gasteiger partial charge in [0.2, 0.25) is 11.8 Å². The van der Waals surface area contributed by atoms with Gasteiger partial charge >= 0.3 is 0 Å². The highest BCUT2D eigenvalue weighted by atomic mass is 16.5. The minimum atomic E-state index is 0.289.